The number of halogens is 1. The van der Waals surface area contributed by atoms with E-state index in [0.717, 1.165) is 0 Å². The Hall–Kier alpha value is -1.45. The molecule has 1 aliphatic carbocycles. The SMILES string of the molecule is O=Cc1ncc(OCC2CC2)cc1F. The summed E-state index contributed by atoms with van der Waals surface area (Å²) < 4.78 is 18.3. The molecule has 0 N–H and O–H groups in total. The normalized spacial score (nSPS) is 15.2. The maximum Gasteiger partial charge on any atom is 0.171 e. The van der Waals surface area contributed by atoms with Crippen molar-refractivity contribution in [2.45, 2.75) is 12.8 Å². The molecule has 1 aromatic rings. The molecule has 14 heavy (non-hydrogen) atoms. The molecule has 0 spiro atoms. The second kappa shape index (κ2) is 3.74. The van der Waals surface area contributed by atoms with Gasteiger partial charge in [0.25, 0.3) is 0 Å². The number of ether oxygens (including phenoxy) is 1. The van der Waals surface area contributed by atoms with Gasteiger partial charge in [-0.2, -0.15) is 0 Å². The standard InChI is InChI=1S/C10H10FNO2/c11-9-3-8(4-12-10(9)5-13)14-6-7-1-2-7/h3-5,7H,1-2,6H2. The summed E-state index contributed by atoms with van der Waals surface area (Å²) in [7, 11) is 0. The average molecular weight is 195 g/mol. The van der Waals surface area contributed by atoms with Crippen LogP contribution in [0.15, 0.2) is 12.3 Å². The van der Waals surface area contributed by atoms with E-state index in [2.05, 4.69) is 4.98 Å². The first kappa shape index (κ1) is 9.12. The third-order valence-electron chi connectivity index (χ3n) is 2.14. The van der Waals surface area contributed by atoms with Gasteiger partial charge >= 0.3 is 0 Å². The zero-order valence-electron chi connectivity index (χ0n) is 7.57. The Morgan fingerprint density at radius 1 is 1.64 bits per heavy atom. The number of carbonyl (C=O) groups is 1. The molecule has 0 atom stereocenters. The van der Waals surface area contributed by atoms with Crippen molar-refractivity contribution in [3.8, 4) is 5.75 Å². The minimum absolute atomic E-state index is 0.177. The zero-order chi connectivity index (χ0) is 9.97. The highest BCUT2D eigenvalue weighted by Crippen LogP contribution is 2.29. The molecular weight excluding hydrogens is 185 g/mol. The summed E-state index contributed by atoms with van der Waals surface area (Å²) in [6.07, 6.45) is 4.12. The maximum atomic E-state index is 13.0. The van der Waals surface area contributed by atoms with Gasteiger partial charge < -0.3 is 4.74 Å². The number of nitrogens with zero attached hydrogens (tertiary/aromatic N) is 1. The zero-order valence-corrected chi connectivity index (χ0v) is 7.57. The van der Waals surface area contributed by atoms with Gasteiger partial charge in [0.2, 0.25) is 0 Å². The summed E-state index contributed by atoms with van der Waals surface area (Å²) in [5, 5.41) is 0. The first-order valence-electron chi connectivity index (χ1n) is 4.53. The molecule has 0 aromatic carbocycles. The molecule has 1 aromatic heterocycles. The first-order chi connectivity index (χ1) is 6.79. The third-order valence-corrected chi connectivity index (χ3v) is 2.14. The molecule has 1 aliphatic rings. The molecule has 1 heterocycles. The number of hydrogen-bond donors (Lipinski definition) is 0. The van der Waals surface area contributed by atoms with Gasteiger partial charge in [0.05, 0.1) is 12.8 Å². The minimum Gasteiger partial charge on any atom is -0.492 e. The van der Waals surface area contributed by atoms with Gasteiger partial charge in [-0.3, -0.25) is 4.79 Å². The van der Waals surface area contributed by atoms with Crippen molar-refractivity contribution in [1.82, 2.24) is 4.98 Å². The van der Waals surface area contributed by atoms with Gasteiger partial charge in [0.15, 0.2) is 12.1 Å². The lowest BCUT2D eigenvalue weighted by Crippen LogP contribution is -2.01. The lowest BCUT2D eigenvalue weighted by Gasteiger charge is -2.04. The average Bonchev–Trinajstić information content (AvgIpc) is 2.98. The number of hydrogen-bond acceptors (Lipinski definition) is 3. The second-order valence-electron chi connectivity index (χ2n) is 3.41. The van der Waals surface area contributed by atoms with Gasteiger partial charge in [-0.15, -0.1) is 0 Å². The van der Waals surface area contributed by atoms with E-state index in [0.29, 0.717) is 24.6 Å². The van der Waals surface area contributed by atoms with Crippen molar-refractivity contribution >= 4 is 6.29 Å². The van der Waals surface area contributed by atoms with E-state index >= 15 is 0 Å². The van der Waals surface area contributed by atoms with Crippen LogP contribution < -0.4 is 4.74 Å². The quantitative estimate of drug-likeness (QED) is 0.688. The number of aldehydes is 1. The van der Waals surface area contributed by atoms with E-state index in [1.165, 1.54) is 25.1 Å². The highest BCUT2D eigenvalue weighted by atomic mass is 19.1. The summed E-state index contributed by atoms with van der Waals surface area (Å²) in [6, 6.07) is 1.19. The predicted octanol–water partition coefficient (Wildman–Crippen LogP) is 1.82. The Morgan fingerprint density at radius 2 is 2.43 bits per heavy atom. The van der Waals surface area contributed by atoms with Crippen molar-refractivity contribution in [3.63, 3.8) is 0 Å². The molecule has 0 saturated heterocycles. The molecule has 3 nitrogen and oxygen atoms in total. The molecule has 0 radical (unpaired) electrons. The highest BCUT2D eigenvalue weighted by Gasteiger charge is 2.22. The second-order valence-corrected chi connectivity index (χ2v) is 3.41. The van der Waals surface area contributed by atoms with E-state index in [9.17, 15) is 9.18 Å². The fourth-order valence-corrected chi connectivity index (χ4v) is 1.10. The smallest absolute Gasteiger partial charge is 0.171 e. The summed E-state index contributed by atoms with van der Waals surface area (Å²) >= 11 is 0. The first-order valence-corrected chi connectivity index (χ1v) is 4.53. The van der Waals surface area contributed by atoms with E-state index < -0.39 is 5.82 Å². The number of aromatic nitrogens is 1. The Kier molecular flexibility index (Phi) is 2.43. The third kappa shape index (κ3) is 2.07. The van der Waals surface area contributed by atoms with Crippen LogP contribution in [0.4, 0.5) is 4.39 Å². The van der Waals surface area contributed by atoms with E-state index in [1.807, 2.05) is 0 Å². The number of rotatable bonds is 4. The van der Waals surface area contributed by atoms with Crippen molar-refractivity contribution < 1.29 is 13.9 Å². The van der Waals surface area contributed by atoms with Crippen molar-refractivity contribution in [2.24, 2.45) is 5.92 Å². The van der Waals surface area contributed by atoms with Gasteiger partial charge in [-0.25, -0.2) is 9.37 Å². The lowest BCUT2D eigenvalue weighted by molar-refractivity contribution is 0.111. The maximum absolute atomic E-state index is 13.0. The van der Waals surface area contributed by atoms with Crippen LogP contribution in [0.5, 0.6) is 5.75 Å². The molecule has 0 aliphatic heterocycles. The van der Waals surface area contributed by atoms with E-state index in [-0.39, 0.29) is 5.69 Å². The van der Waals surface area contributed by atoms with E-state index in [1.54, 1.807) is 0 Å². The van der Waals surface area contributed by atoms with Crippen molar-refractivity contribution in [3.05, 3.63) is 23.8 Å². The monoisotopic (exact) mass is 195 g/mol. The Morgan fingerprint density at radius 3 is 3.00 bits per heavy atom. The number of carbonyl (C=O) groups excluding carboxylic acids is 1. The highest BCUT2D eigenvalue weighted by molar-refractivity contribution is 5.72. The van der Waals surface area contributed by atoms with Crippen LogP contribution in [0.3, 0.4) is 0 Å². The summed E-state index contributed by atoms with van der Waals surface area (Å²) in [4.78, 5) is 13.9. The summed E-state index contributed by atoms with van der Waals surface area (Å²) in [6.45, 7) is 0.613. The van der Waals surface area contributed by atoms with E-state index in [4.69, 9.17) is 4.74 Å². The van der Waals surface area contributed by atoms with Crippen LogP contribution in [0.25, 0.3) is 0 Å². The Bertz CT molecular complexity index is 350. The summed E-state index contributed by atoms with van der Waals surface area (Å²) in [5.74, 6) is 0.372. The van der Waals surface area contributed by atoms with Crippen LogP contribution in [0.1, 0.15) is 23.3 Å². The van der Waals surface area contributed by atoms with Gasteiger partial charge in [0.1, 0.15) is 11.4 Å². The molecule has 74 valence electrons. The van der Waals surface area contributed by atoms with Crippen LogP contribution in [0.2, 0.25) is 0 Å². The molecule has 2 rings (SSSR count). The molecule has 0 bridgehead atoms. The fraction of sp³-hybridized carbons (Fsp3) is 0.400. The summed E-state index contributed by atoms with van der Waals surface area (Å²) in [5.41, 5.74) is -0.177. The molecule has 1 fully saturated rings. The van der Waals surface area contributed by atoms with Gasteiger partial charge in [-0.1, -0.05) is 0 Å². The van der Waals surface area contributed by atoms with Crippen LogP contribution in [0, 0.1) is 11.7 Å². The topological polar surface area (TPSA) is 39.2 Å². The lowest BCUT2D eigenvalue weighted by atomic mass is 10.3. The van der Waals surface area contributed by atoms with Crippen LogP contribution in [-0.4, -0.2) is 17.9 Å². The van der Waals surface area contributed by atoms with Gasteiger partial charge in [0, 0.05) is 6.07 Å². The fourth-order valence-electron chi connectivity index (χ4n) is 1.10. The van der Waals surface area contributed by atoms with Gasteiger partial charge in [-0.05, 0) is 18.8 Å². The molecular formula is C10H10FNO2. The molecule has 0 amide bonds. The predicted molar refractivity (Wildman–Crippen MR) is 47.8 cm³/mol. The van der Waals surface area contributed by atoms with Crippen LogP contribution in [-0.2, 0) is 0 Å². The molecule has 1 saturated carbocycles. The molecule has 0 unspecified atom stereocenters. The largest absolute Gasteiger partial charge is 0.492 e. The number of pyridine rings is 1. The Balaban J connectivity index is 2.02. The van der Waals surface area contributed by atoms with Crippen molar-refractivity contribution in [2.75, 3.05) is 6.61 Å². The minimum atomic E-state index is -0.631. The molecule has 4 heteroatoms. The van der Waals surface area contributed by atoms with Crippen LogP contribution >= 0.6 is 0 Å². The van der Waals surface area contributed by atoms with Crippen molar-refractivity contribution in [1.29, 1.82) is 0 Å². The Labute approximate surface area is 80.9 Å².